The molecule has 0 N–H and O–H groups in total. The molecule has 0 saturated heterocycles. The van der Waals surface area contributed by atoms with Crippen LogP contribution in [0.2, 0.25) is 0 Å². The first-order valence-corrected chi connectivity index (χ1v) is 3.26. The Hall–Kier alpha value is -0.970. The van der Waals surface area contributed by atoms with Gasteiger partial charge in [-0.15, -0.1) is 6.42 Å². The van der Waals surface area contributed by atoms with Crippen LogP contribution >= 0.6 is 0 Å². The Balaban J connectivity index is 3.37. The lowest BCUT2D eigenvalue weighted by atomic mass is 10.1. The topological polar surface area (TPSA) is 26.3 Å². The van der Waals surface area contributed by atoms with Crippen molar-refractivity contribution in [1.29, 1.82) is 0 Å². The second-order valence-corrected chi connectivity index (χ2v) is 2.46. The van der Waals surface area contributed by atoms with E-state index in [-0.39, 0.29) is 12.6 Å². The van der Waals surface area contributed by atoms with Crippen LogP contribution in [-0.2, 0) is 9.53 Å². The van der Waals surface area contributed by atoms with Crippen LogP contribution in [0.4, 0.5) is 0 Å². The van der Waals surface area contributed by atoms with Crippen LogP contribution in [0.1, 0.15) is 20.3 Å². The minimum absolute atomic E-state index is 0.0888. The molecule has 0 aromatic rings. The molecule has 0 aromatic carbocycles. The summed E-state index contributed by atoms with van der Waals surface area (Å²) in [5.41, 5.74) is 0. The van der Waals surface area contributed by atoms with Gasteiger partial charge in [-0.3, -0.25) is 4.79 Å². The van der Waals surface area contributed by atoms with Gasteiger partial charge in [-0.25, -0.2) is 0 Å². The van der Waals surface area contributed by atoms with E-state index >= 15 is 0 Å². The Morgan fingerprint density at radius 3 is 2.70 bits per heavy atom. The van der Waals surface area contributed by atoms with E-state index in [1.54, 1.807) is 0 Å². The fourth-order valence-corrected chi connectivity index (χ4v) is 0.514. The maximum atomic E-state index is 10.7. The number of carbonyl (C=O) groups excluding carboxylic acids is 1. The summed E-state index contributed by atoms with van der Waals surface area (Å²) >= 11 is 0. The average Bonchev–Trinajstić information content (AvgIpc) is 1.82. The van der Waals surface area contributed by atoms with E-state index in [1.807, 2.05) is 13.8 Å². The number of ether oxygens (including phenoxy) is 1. The second-order valence-electron chi connectivity index (χ2n) is 2.46. The molecule has 0 unspecified atom stereocenters. The van der Waals surface area contributed by atoms with Crippen molar-refractivity contribution in [2.24, 2.45) is 5.92 Å². The fourth-order valence-electron chi connectivity index (χ4n) is 0.514. The van der Waals surface area contributed by atoms with E-state index in [0.29, 0.717) is 12.3 Å². The van der Waals surface area contributed by atoms with Gasteiger partial charge >= 0.3 is 5.97 Å². The number of hydrogen-bond donors (Lipinski definition) is 0. The van der Waals surface area contributed by atoms with E-state index in [1.165, 1.54) is 0 Å². The van der Waals surface area contributed by atoms with Crippen molar-refractivity contribution in [1.82, 2.24) is 0 Å². The zero-order chi connectivity index (χ0) is 7.98. The summed E-state index contributed by atoms with van der Waals surface area (Å²) in [7, 11) is 0. The van der Waals surface area contributed by atoms with E-state index in [2.05, 4.69) is 10.7 Å². The lowest BCUT2D eigenvalue weighted by Gasteiger charge is -2.02. The molecule has 0 aromatic heterocycles. The van der Waals surface area contributed by atoms with Gasteiger partial charge in [0.2, 0.25) is 0 Å². The van der Waals surface area contributed by atoms with Crippen molar-refractivity contribution in [3.8, 4) is 12.3 Å². The zero-order valence-corrected chi connectivity index (χ0v) is 6.39. The predicted octanol–water partition coefficient (Wildman–Crippen LogP) is 1.21. The first-order chi connectivity index (χ1) is 4.66. The summed E-state index contributed by atoms with van der Waals surface area (Å²) in [4.78, 5) is 10.7. The molecule has 0 amide bonds. The Morgan fingerprint density at radius 1 is 1.70 bits per heavy atom. The zero-order valence-electron chi connectivity index (χ0n) is 6.39. The molecule has 2 heteroatoms. The third-order valence-corrected chi connectivity index (χ3v) is 0.891. The predicted molar refractivity (Wildman–Crippen MR) is 39.2 cm³/mol. The van der Waals surface area contributed by atoms with Crippen LogP contribution in [0.5, 0.6) is 0 Å². The summed E-state index contributed by atoms with van der Waals surface area (Å²) in [6.45, 7) is 4.00. The molecule has 0 aliphatic carbocycles. The smallest absolute Gasteiger partial charge is 0.307 e. The molecule has 0 aliphatic rings. The van der Waals surface area contributed by atoms with Gasteiger partial charge in [-0.05, 0) is 5.92 Å². The van der Waals surface area contributed by atoms with Gasteiger partial charge in [0.15, 0.2) is 6.61 Å². The molecule has 0 heterocycles. The summed E-state index contributed by atoms with van der Waals surface area (Å²) < 4.78 is 4.63. The third-order valence-electron chi connectivity index (χ3n) is 0.891. The van der Waals surface area contributed by atoms with Crippen LogP contribution in [0, 0.1) is 18.3 Å². The Morgan fingerprint density at radius 2 is 2.30 bits per heavy atom. The molecule has 0 saturated carbocycles. The third kappa shape index (κ3) is 5.17. The molecule has 0 bridgehead atoms. The molecule has 10 heavy (non-hydrogen) atoms. The molecule has 0 rings (SSSR count). The number of hydrogen-bond acceptors (Lipinski definition) is 2. The van der Waals surface area contributed by atoms with Gasteiger partial charge in [0, 0.05) is 6.42 Å². The van der Waals surface area contributed by atoms with Gasteiger partial charge in [0.05, 0.1) is 0 Å². The molecular formula is C8H12O2. The van der Waals surface area contributed by atoms with E-state index in [4.69, 9.17) is 6.42 Å². The van der Waals surface area contributed by atoms with Gasteiger partial charge < -0.3 is 4.74 Å². The van der Waals surface area contributed by atoms with Crippen LogP contribution in [-0.4, -0.2) is 12.6 Å². The summed E-state index contributed by atoms with van der Waals surface area (Å²) in [6.07, 6.45) is 5.33. The maximum absolute atomic E-state index is 10.7. The minimum atomic E-state index is -0.215. The van der Waals surface area contributed by atoms with Crippen molar-refractivity contribution in [3.63, 3.8) is 0 Å². The quantitative estimate of drug-likeness (QED) is 0.435. The molecule has 0 radical (unpaired) electrons. The monoisotopic (exact) mass is 140 g/mol. The van der Waals surface area contributed by atoms with Crippen molar-refractivity contribution in [2.45, 2.75) is 20.3 Å². The summed E-state index contributed by atoms with van der Waals surface area (Å²) in [5, 5.41) is 0. The van der Waals surface area contributed by atoms with Crippen LogP contribution in [0.25, 0.3) is 0 Å². The highest BCUT2D eigenvalue weighted by atomic mass is 16.5. The second kappa shape index (κ2) is 4.87. The average molecular weight is 140 g/mol. The summed E-state index contributed by atoms with van der Waals surface area (Å²) in [5.74, 6) is 2.35. The SMILES string of the molecule is C#CCOC(=O)CC(C)C. The number of esters is 1. The largest absolute Gasteiger partial charge is 0.452 e. The maximum Gasteiger partial charge on any atom is 0.307 e. The molecule has 0 fully saturated rings. The molecule has 0 atom stereocenters. The molecular weight excluding hydrogens is 128 g/mol. The molecule has 0 spiro atoms. The van der Waals surface area contributed by atoms with Gasteiger partial charge in [0.1, 0.15) is 0 Å². The molecule has 0 aliphatic heterocycles. The number of rotatable bonds is 3. The van der Waals surface area contributed by atoms with Crippen molar-refractivity contribution < 1.29 is 9.53 Å². The first kappa shape index (κ1) is 9.03. The Labute approximate surface area is 61.6 Å². The van der Waals surface area contributed by atoms with Crippen molar-refractivity contribution >= 4 is 5.97 Å². The number of carbonyl (C=O) groups is 1. The minimum Gasteiger partial charge on any atom is -0.452 e. The van der Waals surface area contributed by atoms with Crippen LogP contribution in [0.3, 0.4) is 0 Å². The Kier molecular flexibility index (Phi) is 4.39. The van der Waals surface area contributed by atoms with Crippen LogP contribution < -0.4 is 0 Å². The highest BCUT2D eigenvalue weighted by Crippen LogP contribution is 1.99. The molecule has 2 nitrogen and oxygen atoms in total. The summed E-state index contributed by atoms with van der Waals surface area (Å²) in [6, 6.07) is 0. The standard InChI is InChI=1S/C8H12O2/c1-4-5-10-8(9)6-7(2)3/h1,7H,5-6H2,2-3H3. The lowest BCUT2D eigenvalue weighted by molar-refractivity contribution is -0.143. The van der Waals surface area contributed by atoms with Gasteiger partial charge in [0.25, 0.3) is 0 Å². The molecule has 56 valence electrons. The highest BCUT2D eigenvalue weighted by molar-refractivity contribution is 5.69. The van der Waals surface area contributed by atoms with E-state index in [0.717, 1.165) is 0 Å². The lowest BCUT2D eigenvalue weighted by Crippen LogP contribution is -2.07. The first-order valence-electron chi connectivity index (χ1n) is 3.26. The van der Waals surface area contributed by atoms with E-state index < -0.39 is 0 Å². The van der Waals surface area contributed by atoms with Crippen LogP contribution in [0.15, 0.2) is 0 Å². The highest BCUT2D eigenvalue weighted by Gasteiger charge is 2.03. The van der Waals surface area contributed by atoms with E-state index in [9.17, 15) is 4.79 Å². The Bertz CT molecular complexity index is 142. The van der Waals surface area contributed by atoms with Crippen molar-refractivity contribution in [2.75, 3.05) is 6.61 Å². The number of terminal acetylenes is 1. The van der Waals surface area contributed by atoms with Crippen molar-refractivity contribution in [3.05, 3.63) is 0 Å². The van der Waals surface area contributed by atoms with Gasteiger partial charge in [-0.2, -0.15) is 0 Å². The fraction of sp³-hybridized carbons (Fsp3) is 0.625. The normalized spacial score (nSPS) is 9.00. The van der Waals surface area contributed by atoms with Gasteiger partial charge in [-0.1, -0.05) is 19.8 Å².